The van der Waals surface area contributed by atoms with Crippen LogP contribution in [0.25, 0.3) is 0 Å². The molecule has 0 unspecified atom stereocenters. The Hall–Kier alpha value is 0.120. The number of rotatable bonds is 3. The predicted molar refractivity (Wildman–Crippen MR) is 64.3 cm³/mol. The smallest absolute Gasteiger partial charge is 0.208 e. The fourth-order valence-corrected chi connectivity index (χ4v) is 2.90. The molecule has 0 radical (unpaired) electrons. The van der Waals surface area contributed by atoms with E-state index < -0.39 is 10.0 Å². The van der Waals surface area contributed by atoms with E-state index in [9.17, 15) is 8.42 Å². The Kier molecular flexibility index (Phi) is 5.00. The van der Waals surface area contributed by atoms with Crippen LogP contribution in [0, 0.1) is 11.8 Å². The number of piperidine rings is 1. The Labute approximate surface area is 103 Å². The van der Waals surface area contributed by atoms with E-state index in [0.717, 1.165) is 26.1 Å². The van der Waals surface area contributed by atoms with E-state index in [1.165, 1.54) is 6.26 Å². The van der Waals surface area contributed by atoms with Crippen LogP contribution in [0.5, 0.6) is 0 Å². The summed E-state index contributed by atoms with van der Waals surface area (Å²) in [5.74, 6) is 1.07. The van der Waals surface area contributed by atoms with E-state index in [1.54, 1.807) is 0 Å². The fraction of sp³-hybridized carbons (Fsp3) is 1.00. The molecule has 0 saturated carbocycles. The lowest BCUT2D eigenvalue weighted by atomic mass is 9.85. The second kappa shape index (κ2) is 5.64. The lowest BCUT2D eigenvalue weighted by molar-refractivity contribution is 0.0928. The normalized spacial score (nSPS) is 34.2. The first-order valence-electron chi connectivity index (χ1n) is 5.33. The van der Waals surface area contributed by atoms with Crippen molar-refractivity contribution in [1.29, 1.82) is 0 Å². The van der Waals surface area contributed by atoms with Crippen molar-refractivity contribution in [1.82, 2.24) is 10.0 Å². The van der Waals surface area contributed by atoms with Gasteiger partial charge in [-0.15, -0.1) is 12.4 Å². The summed E-state index contributed by atoms with van der Waals surface area (Å²) >= 11 is 0. The molecule has 96 valence electrons. The SMILES string of the molecule is CS(=O)(=O)NC[C@H]1OC[C@@H]2CNCC[C@@H]21.Cl. The zero-order valence-electron chi connectivity index (χ0n) is 9.31. The first kappa shape index (κ1) is 14.2. The van der Waals surface area contributed by atoms with Crippen molar-refractivity contribution in [3.05, 3.63) is 0 Å². The molecule has 2 rings (SSSR count). The van der Waals surface area contributed by atoms with Crippen LogP contribution in [0.15, 0.2) is 0 Å². The molecule has 0 spiro atoms. The highest BCUT2D eigenvalue weighted by Crippen LogP contribution is 2.31. The summed E-state index contributed by atoms with van der Waals surface area (Å²) < 4.78 is 30.1. The van der Waals surface area contributed by atoms with Crippen LogP contribution in [0.3, 0.4) is 0 Å². The van der Waals surface area contributed by atoms with Crippen molar-refractivity contribution in [2.45, 2.75) is 12.5 Å². The van der Waals surface area contributed by atoms with Crippen LogP contribution >= 0.6 is 12.4 Å². The van der Waals surface area contributed by atoms with Crippen LogP contribution in [0.4, 0.5) is 0 Å². The summed E-state index contributed by atoms with van der Waals surface area (Å²) in [6, 6.07) is 0. The Bertz CT molecular complexity index is 323. The molecule has 3 atom stereocenters. The number of fused-ring (bicyclic) bond motifs is 1. The van der Waals surface area contributed by atoms with Crippen molar-refractivity contribution in [3.8, 4) is 0 Å². The quantitative estimate of drug-likeness (QED) is 0.731. The molecular weight excluding hydrogens is 252 g/mol. The molecule has 0 aromatic heterocycles. The van der Waals surface area contributed by atoms with Gasteiger partial charge >= 0.3 is 0 Å². The number of hydrogen-bond donors (Lipinski definition) is 2. The average molecular weight is 271 g/mol. The van der Waals surface area contributed by atoms with E-state index in [4.69, 9.17) is 4.74 Å². The third kappa shape index (κ3) is 3.56. The molecule has 0 amide bonds. The Balaban J connectivity index is 0.00000128. The van der Waals surface area contributed by atoms with Crippen LogP contribution in [-0.4, -0.2) is 47.0 Å². The highest BCUT2D eigenvalue weighted by molar-refractivity contribution is 7.88. The van der Waals surface area contributed by atoms with Gasteiger partial charge < -0.3 is 10.1 Å². The topological polar surface area (TPSA) is 67.4 Å². The molecule has 0 bridgehead atoms. The Morgan fingerprint density at radius 1 is 1.50 bits per heavy atom. The van der Waals surface area contributed by atoms with Crippen LogP contribution in [-0.2, 0) is 14.8 Å². The van der Waals surface area contributed by atoms with Gasteiger partial charge in [-0.1, -0.05) is 0 Å². The van der Waals surface area contributed by atoms with Crippen molar-refractivity contribution < 1.29 is 13.2 Å². The minimum Gasteiger partial charge on any atom is -0.376 e. The van der Waals surface area contributed by atoms with Gasteiger partial charge in [0.2, 0.25) is 10.0 Å². The minimum absolute atomic E-state index is 0. The van der Waals surface area contributed by atoms with E-state index in [-0.39, 0.29) is 18.5 Å². The van der Waals surface area contributed by atoms with Gasteiger partial charge in [0, 0.05) is 19.0 Å². The third-order valence-corrected chi connectivity index (χ3v) is 3.91. The molecule has 0 aromatic carbocycles. The van der Waals surface area contributed by atoms with Crippen molar-refractivity contribution in [2.24, 2.45) is 11.8 Å². The fourth-order valence-electron chi connectivity index (χ4n) is 2.43. The predicted octanol–water partition coefficient (Wildman–Crippen LogP) is -0.418. The zero-order valence-corrected chi connectivity index (χ0v) is 10.9. The molecule has 2 heterocycles. The number of sulfonamides is 1. The summed E-state index contributed by atoms with van der Waals surface area (Å²) in [6.45, 7) is 3.19. The zero-order chi connectivity index (χ0) is 10.9. The maximum atomic E-state index is 11.0. The van der Waals surface area contributed by atoms with E-state index in [1.807, 2.05) is 0 Å². The summed E-state index contributed by atoms with van der Waals surface area (Å²) in [7, 11) is -3.10. The van der Waals surface area contributed by atoms with Gasteiger partial charge in [0.25, 0.3) is 0 Å². The molecule has 5 nitrogen and oxygen atoms in total. The van der Waals surface area contributed by atoms with Gasteiger partial charge in [-0.25, -0.2) is 13.1 Å². The van der Waals surface area contributed by atoms with Gasteiger partial charge in [0.05, 0.1) is 19.0 Å². The molecule has 0 aromatic rings. The van der Waals surface area contributed by atoms with Crippen LogP contribution in [0.2, 0.25) is 0 Å². The Morgan fingerprint density at radius 2 is 2.25 bits per heavy atom. The Morgan fingerprint density at radius 3 is 2.94 bits per heavy atom. The summed E-state index contributed by atoms with van der Waals surface area (Å²) in [5, 5.41) is 3.33. The van der Waals surface area contributed by atoms with E-state index in [2.05, 4.69) is 10.0 Å². The highest BCUT2D eigenvalue weighted by Gasteiger charge is 2.38. The number of ether oxygens (including phenoxy) is 1. The monoisotopic (exact) mass is 270 g/mol. The molecular formula is C9H19ClN2O3S. The molecule has 2 N–H and O–H groups in total. The van der Waals surface area contributed by atoms with Gasteiger partial charge in [-0.05, 0) is 18.9 Å². The van der Waals surface area contributed by atoms with Crippen molar-refractivity contribution in [2.75, 3.05) is 32.5 Å². The first-order valence-corrected chi connectivity index (χ1v) is 7.22. The third-order valence-electron chi connectivity index (χ3n) is 3.22. The summed E-state index contributed by atoms with van der Waals surface area (Å²) in [4.78, 5) is 0. The van der Waals surface area contributed by atoms with Gasteiger partial charge in [-0.3, -0.25) is 0 Å². The second-order valence-corrected chi connectivity index (χ2v) is 6.24. The maximum absolute atomic E-state index is 11.0. The summed E-state index contributed by atoms with van der Waals surface area (Å²) in [5.41, 5.74) is 0. The van der Waals surface area contributed by atoms with E-state index >= 15 is 0 Å². The molecule has 2 fully saturated rings. The largest absolute Gasteiger partial charge is 0.376 e. The highest BCUT2D eigenvalue weighted by atomic mass is 35.5. The number of hydrogen-bond acceptors (Lipinski definition) is 4. The maximum Gasteiger partial charge on any atom is 0.208 e. The number of halogens is 1. The average Bonchev–Trinajstić information content (AvgIpc) is 2.57. The van der Waals surface area contributed by atoms with Gasteiger partial charge in [-0.2, -0.15) is 0 Å². The first-order chi connectivity index (χ1) is 7.06. The molecule has 2 aliphatic rings. The molecule has 0 aliphatic carbocycles. The second-order valence-electron chi connectivity index (χ2n) is 4.41. The van der Waals surface area contributed by atoms with Gasteiger partial charge in [0.1, 0.15) is 0 Å². The molecule has 7 heteroatoms. The van der Waals surface area contributed by atoms with Crippen molar-refractivity contribution >= 4 is 22.4 Å². The van der Waals surface area contributed by atoms with Crippen molar-refractivity contribution in [3.63, 3.8) is 0 Å². The lowest BCUT2D eigenvalue weighted by Crippen LogP contribution is -2.41. The molecule has 2 aliphatic heterocycles. The summed E-state index contributed by atoms with van der Waals surface area (Å²) in [6.07, 6.45) is 2.33. The van der Waals surface area contributed by atoms with E-state index in [0.29, 0.717) is 18.4 Å². The van der Waals surface area contributed by atoms with Gasteiger partial charge in [0.15, 0.2) is 0 Å². The standard InChI is InChI=1S/C9H18N2O3S.ClH/c1-15(12,13)11-5-9-8-2-3-10-4-7(8)6-14-9;/h7-11H,2-6H2,1H3;1H/t7-,8-,9+;/m0./s1. The number of nitrogens with one attached hydrogen (secondary N) is 2. The molecule has 16 heavy (non-hydrogen) atoms. The lowest BCUT2D eigenvalue weighted by Gasteiger charge is -2.27. The van der Waals surface area contributed by atoms with Crippen LogP contribution in [0.1, 0.15) is 6.42 Å². The van der Waals surface area contributed by atoms with Crippen LogP contribution < -0.4 is 10.0 Å². The minimum atomic E-state index is -3.10. The molecule has 2 saturated heterocycles.